The summed E-state index contributed by atoms with van der Waals surface area (Å²) in [5, 5.41) is 10.7. The van der Waals surface area contributed by atoms with Crippen LogP contribution < -0.4 is 5.32 Å². The zero-order chi connectivity index (χ0) is 8.85. The largest absolute Gasteiger partial charge is 0.504 e. The Balaban J connectivity index is 3.88. The van der Waals surface area contributed by atoms with Gasteiger partial charge in [-0.15, -0.1) is 0 Å². The molecule has 0 spiro atoms. The fourth-order valence-electron chi connectivity index (χ4n) is 0.299. The maximum absolute atomic E-state index is 10.7. The number of carbonyl (C=O) groups excluding carboxylic acids is 2. The molecule has 0 bridgehead atoms. The summed E-state index contributed by atoms with van der Waals surface area (Å²) in [6, 6.07) is -0.404. The van der Waals surface area contributed by atoms with Crippen LogP contribution in [0.5, 0.6) is 0 Å². The van der Waals surface area contributed by atoms with Crippen LogP contribution in [0.25, 0.3) is 0 Å². The molecule has 11 heavy (non-hydrogen) atoms. The Kier molecular flexibility index (Phi) is 3.72. The van der Waals surface area contributed by atoms with Crippen LogP contribution >= 0.6 is 0 Å². The van der Waals surface area contributed by atoms with Crippen molar-refractivity contribution in [2.75, 3.05) is 14.1 Å². The molecule has 2 N–H and O–H groups in total. The van der Waals surface area contributed by atoms with E-state index in [-0.39, 0.29) is 6.29 Å². The Morgan fingerprint density at radius 1 is 1.55 bits per heavy atom. The topological polar surface area (TPSA) is 69.6 Å². The van der Waals surface area contributed by atoms with E-state index in [1.165, 1.54) is 4.90 Å². The SMILES string of the molecule is CN(C)C(=O)N/C=C(\O)C=O. The van der Waals surface area contributed by atoms with Crippen molar-refractivity contribution in [1.29, 1.82) is 0 Å². The molecule has 0 saturated carbocycles. The van der Waals surface area contributed by atoms with E-state index < -0.39 is 11.8 Å². The fraction of sp³-hybridized carbons (Fsp3) is 0.333. The maximum Gasteiger partial charge on any atom is 0.320 e. The molecule has 0 unspecified atom stereocenters. The molecule has 62 valence electrons. The minimum absolute atomic E-state index is 0.232. The number of aliphatic hydroxyl groups is 1. The van der Waals surface area contributed by atoms with Crippen LogP contribution in [0.4, 0.5) is 4.79 Å². The van der Waals surface area contributed by atoms with E-state index in [0.29, 0.717) is 0 Å². The highest BCUT2D eigenvalue weighted by Crippen LogP contribution is 1.80. The van der Waals surface area contributed by atoms with Gasteiger partial charge in [-0.1, -0.05) is 0 Å². The molecule has 0 aliphatic heterocycles. The summed E-state index contributed by atoms with van der Waals surface area (Å²) >= 11 is 0. The quantitative estimate of drug-likeness (QED) is 0.333. The van der Waals surface area contributed by atoms with Crippen molar-refractivity contribution >= 4 is 12.3 Å². The van der Waals surface area contributed by atoms with Gasteiger partial charge in [0.25, 0.3) is 0 Å². The van der Waals surface area contributed by atoms with Crippen LogP contribution in [0, 0.1) is 0 Å². The lowest BCUT2D eigenvalue weighted by molar-refractivity contribution is -0.107. The van der Waals surface area contributed by atoms with Gasteiger partial charge in [0.2, 0.25) is 0 Å². The summed E-state index contributed by atoms with van der Waals surface area (Å²) in [5.41, 5.74) is 0. The van der Waals surface area contributed by atoms with E-state index in [4.69, 9.17) is 5.11 Å². The van der Waals surface area contributed by atoms with E-state index in [2.05, 4.69) is 5.32 Å². The van der Waals surface area contributed by atoms with Gasteiger partial charge < -0.3 is 15.3 Å². The van der Waals surface area contributed by atoms with E-state index in [1.54, 1.807) is 14.1 Å². The third-order valence-corrected chi connectivity index (χ3v) is 0.870. The molecule has 0 aromatic carbocycles. The predicted molar refractivity (Wildman–Crippen MR) is 39.0 cm³/mol. The van der Waals surface area contributed by atoms with Gasteiger partial charge in [-0.3, -0.25) is 4.79 Å². The molecule has 0 aromatic heterocycles. The van der Waals surface area contributed by atoms with Gasteiger partial charge in [-0.25, -0.2) is 4.79 Å². The molecule has 0 aliphatic rings. The van der Waals surface area contributed by atoms with Crippen molar-refractivity contribution in [3.63, 3.8) is 0 Å². The lowest BCUT2D eigenvalue weighted by atomic mass is 10.6. The Morgan fingerprint density at radius 2 is 2.09 bits per heavy atom. The average molecular weight is 158 g/mol. The summed E-state index contributed by atoms with van der Waals surface area (Å²) in [7, 11) is 3.09. The number of nitrogens with zero attached hydrogens (tertiary/aromatic N) is 1. The van der Waals surface area contributed by atoms with Crippen LogP contribution in [0.15, 0.2) is 12.0 Å². The van der Waals surface area contributed by atoms with Crippen molar-refractivity contribution in [1.82, 2.24) is 10.2 Å². The Bertz CT molecular complexity index is 186. The summed E-state index contributed by atoms with van der Waals surface area (Å²) in [6.45, 7) is 0. The summed E-state index contributed by atoms with van der Waals surface area (Å²) in [4.78, 5) is 21.8. The van der Waals surface area contributed by atoms with Crippen LogP contribution in [0.2, 0.25) is 0 Å². The van der Waals surface area contributed by atoms with E-state index in [0.717, 1.165) is 6.20 Å². The highest BCUT2D eigenvalue weighted by atomic mass is 16.3. The number of aldehydes is 1. The second-order valence-electron chi connectivity index (χ2n) is 2.03. The molecule has 0 heterocycles. The van der Waals surface area contributed by atoms with Crippen LogP contribution in [0.3, 0.4) is 0 Å². The second-order valence-corrected chi connectivity index (χ2v) is 2.03. The first-order valence-electron chi connectivity index (χ1n) is 2.90. The number of rotatable bonds is 2. The number of allylic oxidation sites excluding steroid dienone is 1. The van der Waals surface area contributed by atoms with Crippen LogP contribution in [-0.4, -0.2) is 36.4 Å². The molecule has 0 aliphatic carbocycles. The van der Waals surface area contributed by atoms with E-state index in [1.807, 2.05) is 0 Å². The third-order valence-electron chi connectivity index (χ3n) is 0.870. The Labute approximate surface area is 64.3 Å². The minimum Gasteiger partial charge on any atom is -0.504 e. The van der Waals surface area contributed by atoms with Gasteiger partial charge in [0.05, 0.1) is 6.20 Å². The van der Waals surface area contributed by atoms with Gasteiger partial charge in [0.15, 0.2) is 12.0 Å². The lowest BCUT2D eigenvalue weighted by Gasteiger charge is -2.08. The first-order chi connectivity index (χ1) is 5.07. The van der Waals surface area contributed by atoms with Gasteiger partial charge >= 0.3 is 6.03 Å². The normalized spacial score (nSPS) is 10.5. The number of hydrogen-bond donors (Lipinski definition) is 2. The highest BCUT2D eigenvalue weighted by molar-refractivity contribution is 5.76. The highest BCUT2D eigenvalue weighted by Gasteiger charge is 1.99. The van der Waals surface area contributed by atoms with Gasteiger partial charge in [-0.2, -0.15) is 0 Å². The zero-order valence-electron chi connectivity index (χ0n) is 6.37. The Hall–Kier alpha value is -1.52. The monoisotopic (exact) mass is 158 g/mol. The molecule has 0 aromatic rings. The molecular formula is C6H10N2O3. The molecule has 0 atom stereocenters. The van der Waals surface area contributed by atoms with Crippen molar-refractivity contribution in [3.05, 3.63) is 12.0 Å². The molecular weight excluding hydrogens is 148 g/mol. The van der Waals surface area contributed by atoms with Crippen LogP contribution in [-0.2, 0) is 4.79 Å². The number of carbonyl (C=O) groups is 2. The summed E-state index contributed by atoms with van der Waals surface area (Å²) < 4.78 is 0. The van der Waals surface area contributed by atoms with Crippen molar-refractivity contribution < 1.29 is 14.7 Å². The number of hydrogen-bond acceptors (Lipinski definition) is 3. The van der Waals surface area contributed by atoms with Gasteiger partial charge in [0, 0.05) is 14.1 Å². The van der Waals surface area contributed by atoms with E-state index >= 15 is 0 Å². The van der Waals surface area contributed by atoms with Gasteiger partial charge in [0.1, 0.15) is 0 Å². The van der Waals surface area contributed by atoms with Crippen LogP contribution in [0.1, 0.15) is 0 Å². The number of amides is 2. The fourth-order valence-corrected chi connectivity index (χ4v) is 0.299. The second kappa shape index (κ2) is 4.32. The molecule has 0 fully saturated rings. The first kappa shape index (κ1) is 9.48. The molecule has 2 amide bonds. The maximum atomic E-state index is 10.7. The Morgan fingerprint density at radius 3 is 2.45 bits per heavy atom. The molecule has 0 rings (SSSR count). The summed E-state index contributed by atoms with van der Waals surface area (Å²) in [6.07, 6.45) is 1.16. The van der Waals surface area contributed by atoms with Crippen molar-refractivity contribution in [2.24, 2.45) is 0 Å². The molecule has 0 saturated heterocycles. The lowest BCUT2D eigenvalue weighted by Crippen LogP contribution is -2.31. The first-order valence-corrected chi connectivity index (χ1v) is 2.90. The third kappa shape index (κ3) is 3.96. The number of aliphatic hydroxyl groups excluding tert-OH is 1. The molecule has 5 heteroatoms. The predicted octanol–water partition coefficient (Wildman–Crippen LogP) is -0.144. The standard InChI is InChI=1S/C6H10N2O3/c1-8(2)6(11)7-3-5(10)4-9/h3-4,10H,1-2H3,(H,7,11)/b5-3-. The number of nitrogens with one attached hydrogen (secondary N) is 1. The summed E-state index contributed by atoms with van der Waals surface area (Å²) in [5.74, 6) is -0.514. The minimum atomic E-state index is -0.514. The smallest absolute Gasteiger partial charge is 0.320 e. The number of urea groups is 1. The molecule has 0 radical (unpaired) electrons. The van der Waals surface area contributed by atoms with Crippen molar-refractivity contribution in [2.45, 2.75) is 0 Å². The zero-order valence-corrected chi connectivity index (χ0v) is 6.37. The average Bonchev–Trinajstić information content (AvgIpc) is 1.99. The van der Waals surface area contributed by atoms with E-state index in [9.17, 15) is 9.59 Å². The van der Waals surface area contributed by atoms with Gasteiger partial charge in [-0.05, 0) is 0 Å². The molecule has 5 nitrogen and oxygen atoms in total. The van der Waals surface area contributed by atoms with Crippen molar-refractivity contribution in [3.8, 4) is 0 Å².